The van der Waals surface area contributed by atoms with Gasteiger partial charge in [-0.25, -0.2) is 9.78 Å². The molecule has 0 saturated heterocycles. The lowest BCUT2D eigenvalue weighted by Crippen LogP contribution is -2.09. The van der Waals surface area contributed by atoms with Crippen LogP contribution in [0.25, 0.3) is 0 Å². The predicted molar refractivity (Wildman–Crippen MR) is 46.2 cm³/mol. The van der Waals surface area contributed by atoms with E-state index in [0.29, 0.717) is 5.01 Å². The molecular weight excluding hydrogens is 194 g/mol. The van der Waals surface area contributed by atoms with Crippen LogP contribution in [-0.4, -0.2) is 22.9 Å². The molecule has 0 aliphatic rings. The molecule has 72 valence electrons. The van der Waals surface area contributed by atoms with Gasteiger partial charge < -0.3 is 14.6 Å². The fraction of sp³-hybridized carbons (Fsp3) is 0.429. The summed E-state index contributed by atoms with van der Waals surface area (Å²) in [5, 5.41) is 9.80. The first-order valence-electron chi connectivity index (χ1n) is 3.64. The Morgan fingerprint density at radius 2 is 2.38 bits per heavy atom. The fourth-order valence-corrected chi connectivity index (χ4v) is 1.33. The summed E-state index contributed by atoms with van der Waals surface area (Å²) in [6.45, 7) is 3.60. The monoisotopic (exact) mass is 203 g/mol. The average Bonchev–Trinajstić information content (AvgIpc) is 2.30. The molecule has 0 saturated carbocycles. The minimum Gasteiger partial charge on any atom is -0.490 e. The number of rotatable bonds is 2. The highest BCUT2D eigenvalue weighted by molar-refractivity contribution is 7.13. The standard InChI is InChI=1S/C7H9NO4S/c1-3-11-7(10)12-6-5(9)8-4(2)13-6/h9H,3H2,1-2H3. The van der Waals surface area contributed by atoms with Crippen molar-refractivity contribution in [2.45, 2.75) is 13.8 Å². The molecule has 1 aromatic heterocycles. The number of nitrogens with zero attached hydrogens (tertiary/aromatic N) is 1. The Morgan fingerprint density at radius 1 is 1.69 bits per heavy atom. The van der Waals surface area contributed by atoms with Crippen molar-refractivity contribution in [2.75, 3.05) is 6.61 Å². The van der Waals surface area contributed by atoms with Crippen molar-refractivity contribution in [3.8, 4) is 10.9 Å². The van der Waals surface area contributed by atoms with Crippen molar-refractivity contribution in [1.29, 1.82) is 0 Å². The van der Waals surface area contributed by atoms with E-state index in [9.17, 15) is 4.79 Å². The quantitative estimate of drug-likeness (QED) is 0.741. The van der Waals surface area contributed by atoms with E-state index in [1.807, 2.05) is 0 Å². The molecule has 0 aliphatic carbocycles. The van der Waals surface area contributed by atoms with Crippen molar-refractivity contribution in [1.82, 2.24) is 4.98 Å². The first kappa shape index (κ1) is 9.79. The summed E-state index contributed by atoms with van der Waals surface area (Å²) in [7, 11) is 0. The van der Waals surface area contributed by atoms with Crippen molar-refractivity contribution >= 4 is 17.5 Å². The van der Waals surface area contributed by atoms with Crippen molar-refractivity contribution in [3.63, 3.8) is 0 Å². The molecule has 0 aromatic carbocycles. The zero-order valence-electron chi connectivity index (χ0n) is 7.23. The van der Waals surface area contributed by atoms with E-state index < -0.39 is 6.16 Å². The largest absolute Gasteiger partial charge is 0.514 e. The summed E-state index contributed by atoms with van der Waals surface area (Å²) in [6.07, 6.45) is -0.832. The normalized spacial score (nSPS) is 9.69. The Hall–Kier alpha value is -1.30. The fourth-order valence-electron chi connectivity index (χ4n) is 0.687. The summed E-state index contributed by atoms with van der Waals surface area (Å²) in [5.74, 6) is -0.282. The molecule has 0 amide bonds. The van der Waals surface area contributed by atoms with Gasteiger partial charge in [0.1, 0.15) is 0 Å². The maximum Gasteiger partial charge on any atom is 0.514 e. The van der Waals surface area contributed by atoms with Crippen molar-refractivity contribution < 1.29 is 19.4 Å². The number of carbonyl (C=O) groups excluding carboxylic acids is 1. The average molecular weight is 203 g/mol. The maximum absolute atomic E-state index is 10.8. The molecule has 5 nitrogen and oxygen atoms in total. The number of hydrogen-bond donors (Lipinski definition) is 1. The van der Waals surface area contributed by atoms with E-state index in [2.05, 4.69) is 14.5 Å². The lowest BCUT2D eigenvalue weighted by Gasteiger charge is -1.99. The lowest BCUT2D eigenvalue weighted by atomic mass is 10.8. The van der Waals surface area contributed by atoms with Gasteiger partial charge in [-0.05, 0) is 13.8 Å². The van der Waals surface area contributed by atoms with Crippen LogP contribution in [0, 0.1) is 6.92 Å². The molecule has 1 aromatic rings. The van der Waals surface area contributed by atoms with E-state index in [4.69, 9.17) is 5.11 Å². The summed E-state index contributed by atoms with van der Waals surface area (Å²) in [6, 6.07) is 0. The van der Waals surface area contributed by atoms with Crippen LogP contribution in [0.4, 0.5) is 4.79 Å². The van der Waals surface area contributed by atoms with Gasteiger partial charge >= 0.3 is 6.16 Å². The van der Waals surface area contributed by atoms with Crippen LogP contribution in [-0.2, 0) is 4.74 Å². The number of aromatic hydroxyl groups is 1. The number of carbonyl (C=O) groups is 1. The van der Waals surface area contributed by atoms with Gasteiger partial charge in [-0.2, -0.15) is 0 Å². The molecule has 0 spiro atoms. The molecule has 1 heterocycles. The predicted octanol–water partition coefficient (Wildman–Crippen LogP) is 1.69. The Balaban J connectivity index is 2.63. The summed E-state index contributed by atoms with van der Waals surface area (Å²) in [4.78, 5) is 14.5. The highest BCUT2D eigenvalue weighted by atomic mass is 32.1. The van der Waals surface area contributed by atoms with Gasteiger partial charge in [0, 0.05) is 0 Å². The summed E-state index contributed by atoms with van der Waals surface area (Å²) >= 11 is 1.08. The van der Waals surface area contributed by atoms with Crippen LogP contribution >= 0.6 is 11.3 Å². The zero-order chi connectivity index (χ0) is 9.84. The van der Waals surface area contributed by atoms with E-state index in [0.717, 1.165) is 11.3 Å². The number of aryl methyl sites for hydroxylation is 1. The molecule has 0 atom stereocenters. The molecule has 0 bridgehead atoms. The topological polar surface area (TPSA) is 68.7 Å². The molecule has 1 N–H and O–H groups in total. The highest BCUT2D eigenvalue weighted by Gasteiger charge is 2.13. The minimum atomic E-state index is -0.832. The van der Waals surface area contributed by atoms with Gasteiger partial charge in [0.15, 0.2) is 0 Å². The van der Waals surface area contributed by atoms with Crippen LogP contribution in [0.3, 0.4) is 0 Å². The number of hydrogen-bond acceptors (Lipinski definition) is 6. The summed E-state index contributed by atoms with van der Waals surface area (Å²) in [5.41, 5.74) is 0. The van der Waals surface area contributed by atoms with Crippen LogP contribution in [0.5, 0.6) is 10.9 Å². The Morgan fingerprint density at radius 3 is 2.85 bits per heavy atom. The lowest BCUT2D eigenvalue weighted by molar-refractivity contribution is 0.104. The van der Waals surface area contributed by atoms with E-state index in [-0.39, 0.29) is 17.6 Å². The Bertz CT molecular complexity index is 309. The molecule has 0 unspecified atom stereocenters. The molecule has 1 rings (SSSR count). The smallest absolute Gasteiger partial charge is 0.490 e. The molecule has 0 radical (unpaired) electrons. The van der Waals surface area contributed by atoms with Gasteiger partial charge in [-0.3, -0.25) is 0 Å². The Kier molecular flexibility index (Phi) is 3.07. The molecular formula is C7H9NO4S. The third-order valence-electron chi connectivity index (χ3n) is 1.12. The molecule has 13 heavy (non-hydrogen) atoms. The van der Waals surface area contributed by atoms with Gasteiger partial charge in [0.25, 0.3) is 10.9 Å². The first-order valence-corrected chi connectivity index (χ1v) is 4.46. The highest BCUT2D eigenvalue weighted by Crippen LogP contribution is 2.32. The SMILES string of the molecule is CCOC(=O)Oc1sc(C)nc1O. The third-order valence-corrected chi connectivity index (χ3v) is 1.96. The minimum absolute atomic E-state index is 0.0657. The Labute approximate surface area is 78.9 Å². The zero-order valence-corrected chi connectivity index (χ0v) is 8.05. The summed E-state index contributed by atoms with van der Waals surface area (Å²) < 4.78 is 9.17. The number of thiazole rings is 1. The van der Waals surface area contributed by atoms with Gasteiger partial charge in [0.05, 0.1) is 11.6 Å². The van der Waals surface area contributed by atoms with E-state index in [1.54, 1.807) is 13.8 Å². The van der Waals surface area contributed by atoms with Gasteiger partial charge in [0.2, 0.25) is 0 Å². The van der Waals surface area contributed by atoms with Crippen LogP contribution in [0.15, 0.2) is 0 Å². The van der Waals surface area contributed by atoms with Gasteiger partial charge in [-0.15, -0.1) is 0 Å². The molecule has 6 heteroatoms. The number of aromatic nitrogens is 1. The van der Waals surface area contributed by atoms with Crippen LogP contribution < -0.4 is 4.74 Å². The van der Waals surface area contributed by atoms with Crippen LogP contribution in [0.1, 0.15) is 11.9 Å². The number of ether oxygens (including phenoxy) is 2. The second-order valence-electron chi connectivity index (χ2n) is 2.13. The first-order chi connectivity index (χ1) is 6.13. The third kappa shape index (κ3) is 2.59. The van der Waals surface area contributed by atoms with Gasteiger partial charge in [-0.1, -0.05) is 11.3 Å². The second kappa shape index (κ2) is 4.08. The second-order valence-corrected chi connectivity index (χ2v) is 3.29. The molecule has 0 aliphatic heterocycles. The van der Waals surface area contributed by atoms with Crippen LogP contribution in [0.2, 0.25) is 0 Å². The van der Waals surface area contributed by atoms with E-state index >= 15 is 0 Å². The van der Waals surface area contributed by atoms with E-state index in [1.165, 1.54) is 0 Å². The van der Waals surface area contributed by atoms with Crippen molar-refractivity contribution in [3.05, 3.63) is 5.01 Å². The van der Waals surface area contributed by atoms with Crippen molar-refractivity contribution in [2.24, 2.45) is 0 Å². The molecule has 0 fully saturated rings. The maximum atomic E-state index is 10.8.